The zero-order valence-corrected chi connectivity index (χ0v) is 12.5. The molecule has 0 atom stereocenters. The van der Waals surface area contributed by atoms with Crippen LogP contribution in [0.3, 0.4) is 0 Å². The van der Waals surface area contributed by atoms with Gasteiger partial charge in [-0.25, -0.2) is 9.37 Å². The van der Waals surface area contributed by atoms with E-state index in [1.807, 2.05) is 6.92 Å². The first kappa shape index (κ1) is 14.4. The minimum atomic E-state index is -3.84. The minimum absolute atomic E-state index is 0.0220. The molecule has 0 saturated heterocycles. The molecule has 112 valence electrons. The van der Waals surface area contributed by atoms with E-state index in [-0.39, 0.29) is 16.3 Å². The predicted octanol–water partition coefficient (Wildman–Crippen LogP) is 2.63. The number of rotatable bonds is 3. The van der Waals surface area contributed by atoms with Crippen molar-refractivity contribution in [2.24, 2.45) is 0 Å². The highest BCUT2D eigenvalue weighted by atomic mass is 32.2. The normalized spacial score (nSPS) is 11.5. The summed E-state index contributed by atoms with van der Waals surface area (Å²) < 4.78 is 39.3. The molecule has 5 nitrogen and oxygen atoms in total. The van der Waals surface area contributed by atoms with Gasteiger partial charge in [-0.3, -0.25) is 0 Å². The minimum Gasteiger partial charge on any atom is -0.214 e. The standard InChI is InChI=1S/C15H12FN3O2S/c1-11-6-8-12(9-7-11)22(20,21)19-10-17-15(18-19)13-4-2-3-5-14(13)16/h2-10H,1H3. The molecule has 0 fully saturated rings. The number of hydrogen-bond donors (Lipinski definition) is 0. The molecule has 0 amide bonds. The van der Waals surface area contributed by atoms with Crippen LogP contribution < -0.4 is 0 Å². The molecule has 0 aliphatic heterocycles. The monoisotopic (exact) mass is 317 g/mol. The van der Waals surface area contributed by atoms with Crippen LogP contribution in [0.2, 0.25) is 0 Å². The Labute approximate surface area is 127 Å². The van der Waals surface area contributed by atoms with Crippen LogP contribution in [0.4, 0.5) is 4.39 Å². The van der Waals surface area contributed by atoms with Gasteiger partial charge in [-0.1, -0.05) is 29.8 Å². The third-order valence-corrected chi connectivity index (χ3v) is 4.69. The van der Waals surface area contributed by atoms with Gasteiger partial charge in [0.2, 0.25) is 0 Å². The van der Waals surface area contributed by atoms with Crippen molar-refractivity contribution in [2.45, 2.75) is 11.8 Å². The number of hydrogen-bond acceptors (Lipinski definition) is 4. The van der Waals surface area contributed by atoms with Crippen LogP contribution in [0.25, 0.3) is 11.4 Å². The van der Waals surface area contributed by atoms with Crippen LogP contribution in [0.5, 0.6) is 0 Å². The van der Waals surface area contributed by atoms with Gasteiger partial charge in [0.05, 0.1) is 10.5 Å². The molecular weight excluding hydrogens is 305 g/mol. The Morgan fingerprint density at radius 1 is 1.05 bits per heavy atom. The van der Waals surface area contributed by atoms with Crippen LogP contribution >= 0.6 is 0 Å². The van der Waals surface area contributed by atoms with E-state index in [9.17, 15) is 12.8 Å². The number of aromatic nitrogens is 3. The highest BCUT2D eigenvalue weighted by molar-refractivity contribution is 7.89. The van der Waals surface area contributed by atoms with Gasteiger partial charge in [-0.2, -0.15) is 8.42 Å². The summed E-state index contributed by atoms with van der Waals surface area (Å²) in [6.45, 7) is 1.86. The lowest BCUT2D eigenvalue weighted by molar-refractivity contribution is 0.580. The lowest BCUT2D eigenvalue weighted by Crippen LogP contribution is -2.13. The van der Waals surface area contributed by atoms with Crippen LogP contribution in [0.1, 0.15) is 5.56 Å². The SMILES string of the molecule is Cc1ccc(S(=O)(=O)n2cnc(-c3ccccc3F)n2)cc1. The fraction of sp³-hybridized carbons (Fsp3) is 0.0667. The van der Waals surface area contributed by atoms with E-state index >= 15 is 0 Å². The maximum Gasteiger partial charge on any atom is 0.284 e. The average Bonchev–Trinajstić information content (AvgIpc) is 2.98. The van der Waals surface area contributed by atoms with Gasteiger partial charge in [-0.05, 0) is 31.2 Å². The number of nitrogens with zero attached hydrogens (tertiary/aromatic N) is 3. The van der Waals surface area contributed by atoms with Crippen molar-refractivity contribution in [1.82, 2.24) is 14.2 Å². The summed E-state index contributed by atoms with van der Waals surface area (Å²) in [5, 5.41) is 3.89. The molecule has 3 rings (SSSR count). The summed E-state index contributed by atoms with van der Waals surface area (Å²) in [5.74, 6) is -0.484. The molecular formula is C15H12FN3O2S. The molecule has 7 heteroatoms. The molecule has 0 aliphatic rings. The first-order chi connectivity index (χ1) is 10.5. The Kier molecular flexibility index (Phi) is 3.50. The summed E-state index contributed by atoms with van der Waals surface area (Å²) in [7, 11) is -3.84. The van der Waals surface area contributed by atoms with Crippen molar-refractivity contribution in [3.63, 3.8) is 0 Å². The first-order valence-corrected chi connectivity index (χ1v) is 7.91. The fourth-order valence-corrected chi connectivity index (χ4v) is 3.00. The molecule has 0 N–H and O–H groups in total. The van der Waals surface area contributed by atoms with Crippen molar-refractivity contribution in [1.29, 1.82) is 0 Å². The highest BCUT2D eigenvalue weighted by Gasteiger charge is 2.20. The Hall–Kier alpha value is -2.54. The van der Waals surface area contributed by atoms with E-state index in [4.69, 9.17) is 0 Å². The zero-order valence-electron chi connectivity index (χ0n) is 11.6. The van der Waals surface area contributed by atoms with Gasteiger partial charge in [0.15, 0.2) is 5.82 Å². The average molecular weight is 317 g/mol. The molecule has 1 heterocycles. The van der Waals surface area contributed by atoms with E-state index in [2.05, 4.69) is 10.1 Å². The second-order valence-corrected chi connectivity index (χ2v) is 6.53. The van der Waals surface area contributed by atoms with Crippen LogP contribution in [0.15, 0.2) is 59.8 Å². The van der Waals surface area contributed by atoms with Crippen LogP contribution in [-0.4, -0.2) is 22.6 Å². The van der Waals surface area contributed by atoms with Crippen molar-refractivity contribution < 1.29 is 12.8 Å². The molecule has 0 bridgehead atoms. The Morgan fingerprint density at radius 3 is 2.41 bits per heavy atom. The smallest absolute Gasteiger partial charge is 0.214 e. The zero-order chi connectivity index (χ0) is 15.7. The quantitative estimate of drug-likeness (QED) is 0.745. The summed E-state index contributed by atoms with van der Waals surface area (Å²) in [4.78, 5) is 3.99. The van der Waals surface area contributed by atoms with Crippen LogP contribution in [-0.2, 0) is 10.0 Å². The van der Waals surface area contributed by atoms with Gasteiger partial charge in [-0.15, -0.1) is 9.19 Å². The Bertz CT molecular complexity index is 918. The Morgan fingerprint density at radius 2 is 1.73 bits per heavy atom. The van der Waals surface area contributed by atoms with Crippen molar-refractivity contribution in [3.8, 4) is 11.4 Å². The third kappa shape index (κ3) is 2.50. The lowest BCUT2D eigenvalue weighted by atomic mass is 10.2. The maximum atomic E-state index is 13.7. The van der Waals surface area contributed by atoms with E-state index in [0.717, 1.165) is 16.0 Å². The van der Waals surface area contributed by atoms with E-state index in [1.165, 1.54) is 24.3 Å². The molecule has 1 aromatic heterocycles. The van der Waals surface area contributed by atoms with Gasteiger partial charge < -0.3 is 0 Å². The number of aryl methyl sites for hydroxylation is 1. The van der Waals surface area contributed by atoms with Crippen molar-refractivity contribution in [2.75, 3.05) is 0 Å². The lowest BCUT2D eigenvalue weighted by Gasteiger charge is -2.03. The topological polar surface area (TPSA) is 64.8 Å². The fourth-order valence-electron chi connectivity index (χ4n) is 1.95. The molecule has 0 saturated carbocycles. The van der Waals surface area contributed by atoms with E-state index in [0.29, 0.717) is 0 Å². The molecule has 22 heavy (non-hydrogen) atoms. The second-order valence-electron chi connectivity index (χ2n) is 4.74. The Balaban J connectivity index is 2.03. The van der Waals surface area contributed by atoms with Gasteiger partial charge in [0, 0.05) is 0 Å². The molecule has 2 aromatic carbocycles. The second kappa shape index (κ2) is 5.34. The number of benzene rings is 2. The number of halogens is 1. The molecule has 0 radical (unpaired) electrons. The molecule has 3 aromatic rings. The molecule has 0 unspecified atom stereocenters. The van der Waals surface area contributed by atoms with Crippen LogP contribution in [0, 0.1) is 12.7 Å². The third-order valence-electron chi connectivity index (χ3n) is 3.15. The largest absolute Gasteiger partial charge is 0.284 e. The summed E-state index contributed by atoms with van der Waals surface area (Å²) in [5.41, 5.74) is 1.10. The van der Waals surface area contributed by atoms with Gasteiger partial charge >= 0.3 is 0 Å². The van der Waals surface area contributed by atoms with E-state index < -0.39 is 15.8 Å². The summed E-state index contributed by atoms with van der Waals surface area (Å²) in [6.07, 6.45) is 1.07. The van der Waals surface area contributed by atoms with Crippen molar-refractivity contribution in [3.05, 3.63) is 66.2 Å². The van der Waals surface area contributed by atoms with E-state index in [1.54, 1.807) is 24.3 Å². The summed E-state index contributed by atoms with van der Waals surface area (Å²) in [6, 6.07) is 12.3. The van der Waals surface area contributed by atoms with Crippen molar-refractivity contribution >= 4 is 10.0 Å². The maximum absolute atomic E-state index is 13.7. The van der Waals surface area contributed by atoms with Gasteiger partial charge in [0.25, 0.3) is 10.0 Å². The molecule has 0 spiro atoms. The highest BCUT2D eigenvalue weighted by Crippen LogP contribution is 2.20. The summed E-state index contributed by atoms with van der Waals surface area (Å²) >= 11 is 0. The van der Waals surface area contributed by atoms with Gasteiger partial charge in [0.1, 0.15) is 12.1 Å². The predicted molar refractivity (Wildman–Crippen MR) is 79.2 cm³/mol. The first-order valence-electron chi connectivity index (χ1n) is 6.47. The molecule has 0 aliphatic carbocycles.